The van der Waals surface area contributed by atoms with Crippen LogP contribution in [0.4, 0.5) is 4.79 Å². The molecule has 1 aliphatic rings. The molecule has 0 saturated carbocycles. The lowest BCUT2D eigenvalue weighted by molar-refractivity contribution is 0.136. The van der Waals surface area contributed by atoms with Gasteiger partial charge >= 0.3 is 6.09 Å². The van der Waals surface area contributed by atoms with Crippen LogP contribution in [0.1, 0.15) is 19.5 Å². The second-order valence-corrected chi connectivity index (χ2v) is 3.78. The monoisotopic (exact) mass is 206 g/mol. The standard InChI is InChI=1S/C11H14N2O2/c1-8-9(2)15-11(14)13(8)7-10-5-3-4-6-12-10/h3-6,8-9H,7H2,1-2H3/t8-,9-/m1/s1. The molecule has 15 heavy (non-hydrogen) atoms. The van der Waals surface area contributed by atoms with Gasteiger partial charge in [0.15, 0.2) is 0 Å². The first kappa shape index (κ1) is 9.96. The van der Waals surface area contributed by atoms with E-state index in [1.807, 2.05) is 32.0 Å². The summed E-state index contributed by atoms with van der Waals surface area (Å²) in [7, 11) is 0. The third-order valence-corrected chi connectivity index (χ3v) is 2.75. The lowest BCUT2D eigenvalue weighted by Crippen LogP contribution is -2.32. The predicted molar refractivity (Wildman–Crippen MR) is 55.2 cm³/mol. The molecule has 1 aliphatic heterocycles. The summed E-state index contributed by atoms with van der Waals surface area (Å²) in [6.07, 6.45) is 1.44. The van der Waals surface area contributed by atoms with Crippen molar-refractivity contribution >= 4 is 6.09 Å². The fourth-order valence-corrected chi connectivity index (χ4v) is 1.62. The number of hydrogen-bond acceptors (Lipinski definition) is 3. The van der Waals surface area contributed by atoms with Gasteiger partial charge < -0.3 is 4.74 Å². The van der Waals surface area contributed by atoms with Gasteiger partial charge in [0.2, 0.25) is 0 Å². The molecule has 80 valence electrons. The number of carbonyl (C=O) groups excluding carboxylic acids is 1. The zero-order valence-corrected chi connectivity index (χ0v) is 8.88. The number of hydrogen-bond donors (Lipinski definition) is 0. The molecule has 0 spiro atoms. The number of nitrogens with zero attached hydrogens (tertiary/aromatic N) is 2. The highest BCUT2D eigenvalue weighted by atomic mass is 16.6. The Balaban J connectivity index is 2.09. The maximum absolute atomic E-state index is 11.5. The molecule has 2 atom stereocenters. The summed E-state index contributed by atoms with van der Waals surface area (Å²) in [6, 6.07) is 5.79. The van der Waals surface area contributed by atoms with Gasteiger partial charge in [-0.3, -0.25) is 9.88 Å². The molecule has 4 heteroatoms. The molecule has 1 fully saturated rings. The fourth-order valence-electron chi connectivity index (χ4n) is 1.62. The number of ether oxygens (including phenoxy) is 1. The van der Waals surface area contributed by atoms with Crippen LogP contribution < -0.4 is 0 Å². The van der Waals surface area contributed by atoms with E-state index in [1.165, 1.54) is 0 Å². The van der Waals surface area contributed by atoms with Crippen molar-refractivity contribution in [2.24, 2.45) is 0 Å². The molecule has 1 aromatic heterocycles. The third kappa shape index (κ3) is 1.93. The van der Waals surface area contributed by atoms with Gasteiger partial charge in [-0.2, -0.15) is 0 Å². The van der Waals surface area contributed by atoms with Gasteiger partial charge in [-0.25, -0.2) is 4.79 Å². The number of cyclic esters (lactones) is 1. The summed E-state index contributed by atoms with van der Waals surface area (Å²) in [6.45, 7) is 4.41. The molecule has 2 rings (SSSR count). The molecule has 0 unspecified atom stereocenters. The van der Waals surface area contributed by atoms with Crippen LogP contribution in [-0.4, -0.2) is 28.1 Å². The maximum Gasteiger partial charge on any atom is 0.410 e. The van der Waals surface area contributed by atoms with Gasteiger partial charge in [0.05, 0.1) is 18.3 Å². The van der Waals surface area contributed by atoms with Gasteiger partial charge in [-0.1, -0.05) is 6.07 Å². The molecule has 0 N–H and O–H groups in total. The lowest BCUT2D eigenvalue weighted by atomic mass is 10.2. The predicted octanol–water partition coefficient (Wildman–Crippen LogP) is 1.81. The second-order valence-electron chi connectivity index (χ2n) is 3.78. The van der Waals surface area contributed by atoms with E-state index in [4.69, 9.17) is 4.74 Å². The normalized spacial score (nSPS) is 25.5. The Morgan fingerprint density at radius 2 is 2.27 bits per heavy atom. The lowest BCUT2D eigenvalue weighted by Gasteiger charge is -2.18. The molecule has 0 aromatic carbocycles. The molecule has 4 nitrogen and oxygen atoms in total. The van der Waals surface area contributed by atoms with Crippen LogP contribution in [0.2, 0.25) is 0 Å². The average Bonchev–Trinajstić information content (AvgIpc) is 2.47. The maximum atomic E-state index is 11.5. The number of amides is 1. The zero-order valence-electron chi connectivity index (χ0n) is 8.88. The van der Waals surface area contributed by atoms with E-state index in [0.717, 1.165) is 5.69 Å². The Morgan fingerprint density at radius 1 is 1.47 bits per heavy atom. The van der Waals surface area contributed by atoms with Gasteiger partial charge in [-0.05, 0) is 26.0 Å². The van der Waals surface area contributed by atoms with E-state index in [0.29, 0.717) is 6.54 Å². The first-order valence-corrected chi connectivity index (χ1v) is 5.05. The fraction of sp³-hybridized carbons (Fsp3) is 0.455. The van der Waals surface area contributed by atoms with Crippen molar-refractivity contribution in [3.05, 3.63) is 30.1 Å². The van der Waals surface area contributed by atoms with Crippen LogP contribution in [0.25, 0.3) is 0 Å². The third-order valence-electron chi connectivity index (χ3n) is 2.75. The van der Waals surface area contributed by atoms with Crippen molar-refractivity contribution in [3.63, 3.8) is 0 Å². The topological polar surface area (TPSA) is 42.4 Å². The molecule has 1 aromatic rings. The molecule has 2 heterocycles. The van der Waals surface area contributed by atoms with Gasteiger partial charge in [0.25, 0.3) is 0 Å². The van der Waals surface area contributed by atoms with Crippen molar-refractivity contribution in [3.8, 4) is 0 Å². The minimum atomic E-state index is -0.249. The van der Waals surface area contributed by atoms with E-state index in [-0.39, 0.29) is 18.2 Å². The highest BCUT2D eigenvalue weighted by Gasteiger charge is 2.35. The Hall–Kier alpha value is -1.58. The minimum absolute atomic E-state index is 0.0405. The summed E-state index contributed by atoms with van der Waals surface area (Å²) < 4.78 is 5.12. The number of aromatic nitrogens is 1. The smallest absolute Gasteiger partial charge is 0.410 e. The summed E-state index contributed by atoms with van der Waals surface area (Å²) in [4.78, 5) is 17.4. The molecule has 1 saturated heterocycles. The van der Waals surface area contributed by atoms with Crippen LogP contribution in [0.15, 0.2) is 24.4 Å². The molecule has 1 amide bonds. The number of rotatable bonds is 2. The van der Waals surface area contributed by atoms with E-state index in [2.05, 4.69) is 4.98 Å². The van der Waals surface area contributed by atoms with Gasteiger partial charge in [-0.15, -0.1) is 0 Å². The summed E-state index contributed by atoms with van der Waals surface area (Å²) >= 11 is 0. The highest BCUT2D eigenvalue weighted by Crippen LogP contribution is 2.20. The van der Waals surface area contributed by atoms with Crippen LogP contribution >= 0.6 is 0 Å². The van der Waals surface area contributed by atoms with E-state index >= 15 is 0 Å². The number of carbonyl (C=O) groups is 1. The Kier molecular flexibility index (Phi) is 2.58. The van der Waals surface area contributed by atoms with Crippen molar-refractivity contribution in [2.45, 2.75) is 32.5 Å². The van der Waals surface area contributed by atoms with Crippen LogP contribution in [0, 0.1) is 0 Å². The van der Waals surface area contributed by atoms with E-state index in [1.54, 1.807) is 11.1 Å². The summed E-state index contributed by atoms with van der Waals surface area (Å²) in [5.74, 6) is 0. The zero-order chi connectivity index (χ0) is 10.8. The highest BCUT2D eigenvalue weighted by molar-refractivity contribution is 5.70. The summed E-state index contributed by atoms with van der Waals surface area (Å²) in [5.41, 5.74) is 0.885. The van der Waals surface area contributed by atoms with Crippen LogP contribution in [-0.2, 0) is 11.3 Å². The average molecular weight is 206 g/mol. The second kappa shape index (κ2) is 3.88. The molecule has 0 bridgehead atoms. The molecule has 0 aliphatic carbocycles. The van der Waals surface area contributed by atoms with Crippen molar-refractivity contribution in [2.75, 3.05) is 0 Å². The van der Waals surface area contributed by atoms with E-state index < -0.39 is 0 Å². The Bertz CT molecular complexity index is 353. The molecular formula is C11H14N2O2. The Morgan fingerprint density at radius 3 is 2.80 bits per heavy atom. The van der Waals surface area contributed by atoms with E-state index in [9.17, 15) is 4.79 Å². The van der Waals surface area contributed by atoms with Crippen molar-refractivity contribution in [1.82, 2.24) is 9.88 Å². The first-order valence-electron chi connectivity index (χ1n) is 5.05. The van der Waals surface area contributed by atoms with Crippen molar-refractivity contribution in [1.29, 1.82) is 0 Å². The van der Waals surface area contributed by atoms with Gasteiger partial charge in [0, 0.05) is 6.20 Å². The number of pyridine rings is 1. The quantitative estimate of drug-likeness (QED) is 0.741. The minimum Gasteiger partial charge on any atom is -0.444 e. The van der Waals surface area contributed by atoms with Gasteiger partial charge in [0.1, 0.15) is 6.10 Å². The van der Waals surface area contributed by atoms with Crippen LogP contribution in [0.3, 0.4) is 0 Å². The van der Waals surface area contributed by atoms with Crippen molar-refractivity contribution < 1.29 is 9.53 Å². The van der Waals surface area contributed by atoms with Crippen LogP contribution in [0.5, 0.6) is 0 Å². The largest absolute Gasteiger partial charge is 0.444 e. The first-order chi connectivity index (χ1) is 7.18. The SMILES string of the molecule is C[C@@H]1[C@@H](C)OC(=O)N1Cc1ccccn1. The Labute approximate surface area is 88.9 Å². The summed E-state index contributed by atoms with van der Waals surface area (Å²) in [5, 5.41) is 0. The molecular weight excluding hydrogens is 192 g/mol. The molecule has 0 radical (unpaired) electrons.